The number of nitrogens with one attached hydrogen (secondary N) is 1. The van der Waals surface area contributed by atoms with Crippen molar-refractivity contribution >= 4 is 6.03 Å². The number of amides is 2. The van der Waals surface area contributed by atoms with Gasteiger partial charge in [0, 0.05) is 13.2 Å². The zero-order valence-corrected chi connectivity index (χ0v) is 9.41. The van der Waals surface area contributed by atoms with Crippen LogP contribution in [0.1, 0.15) is 20.8 Å². The van der Waals surface area contributed by atoms with E-state index in [1.165, 1.54) is 0 Å². The Balaban J connectivity index is 2.24. The molecule has 0 aromatic heterocycles. The van der Waals surface area contributed by atoms with Gasteiger partial charge in [-0.3, -0.25) is 0 Å². The van der Waals surface area contributed by atoms with E-state index >= 15 is 0 Å². The van der Waals surface area contributed by atoms with Crippen LogP contribution in [0.4, 0.5) is 4.79 Å². The van der Waals surface area contributed by atoms with Gasteiger partial charge >= 0.3 is 6.03 Å². The summed E-state index contributed by atoms with van der Waals surface area (Å²) < 4.78 is 5.10. The van der Waals surface area contributed by atoms with Gasteiger partial charge in [-0.1, -0.05) is 13.8 Å². The fourth-order valence-corrected chi connectivity index (χ4v) is 1.21. The summed E-state index contributed by atoms with van der Waals surface area (Å²) in [5, 5.41) is 2.96. The van der Waals surface area contributed by atoms with Gasteiger partial charge in [0.05, 0.1) is 19.2 Å². The van der Waals surface area contributed by atoms with Crippen LogP contribution in [0.3, 0.4) is 0 Å². The predicted octanol–water partition coefficient (Wildman–Crippen LogP) is 1.07. The van der Waals surface area contributed by atoms with Crippen LogP contribution >= 0.6 is 0 Å². The smallest absolute Gasteiger partial charge is 0.317 e. The monoisotopic (exact) mass is 200 g/mol. The lowest BCUT2D eigenvalue weighted by Gasteiger charge is -2.38. The molecule has 0 bridgehead atoms. The van der Waals surface area contributed by atoms with E-state index < -0.39 is 0 Å². The maximum atomic E-state index is 11.6. The zero-order chi connectivity index (χ0) is 10.7. The van der Waals surface area contributed by atoms with E-state index in [4.69, 9.17) is 4.74 Å². The Morgan fingerprint density at radius 1 is 1.43 bits per heavy atom. The third kappa shape index (κ3) is 2.61. The number of hydrogen-bond acceptors (Lipinski definition) is 2. The lowest BCUT2D eigenvalue weighted by molar-refractivity contribution is -0.00835. The molecule has 1 saturated heterocycles. The van der Waals surface area contributed by atoms with E-state index in [9.17, 15) is 4.79 Å². The molecule has 0 aromatic carbocycles. The molecule has 1 rings (SSSR count). The molecule has 0 aliphatic carbocycles. The van der Waals surface area contributed by atoms with Gasteiger partial charge in [-0.25, -0.2) is 4.79 Å². The van der Waals surface area contributed by atoms with Gasteiger partial charge in [-0.05, 0) is 12.8 Å². The van der Waals surface area contributed by atoms with Crippen molar-refractivity contribution in [3.05, 3.63) is 0 Å². The summed E-state index contributed by atoms with van der Waals surface area (Å²) in [4.78, 5) is 13.3. The van der Waals surface area contributed by atoms with Crippen LogP contribution in [0.5, 0.6) is 0 Å². The molecule has 1 fully saturated rings. The van der Waals surface area contributed by atoms with Gasteiger partial charge in [-0.15, -0.1) is 0 Å². The standard InChI is InChI=1S/C10H20N2O2/c1-7(2)8(3)11-10(13)12-5-9(6-12)14-4/h7-9H,5-6H2,1-4H3,(H,11,13). The molecule has 1 aliphatic rings. The molecule has 2 amide bonds. The fourth-order valence-electron chi connectivity index (χ4n) is 1.21. The highest BCUT2D eigenvalue weighted by molar-refractivity contribution is 5.75. The SMILES string of the molecule is COC1CN(C(=O)NC(C)C(C)C)C1. The van der Waals surface area contributed by atoms with Crippen molar-refractivity contribution in [1.29, 1.82) is 0 Å². The molecule has 14 heavy (non-hydrogen) atoms. The number of carbonyl (C=O) groups is 1. The van der Waals surface area contributed by atoms with Crippen molar-refractivity contribution in [3.8, 4) is 0 Å². The Labute approximate surface area is 85.6 Å². The first-order chi connectivity index (χ1) is 6.54. The molecular formula is C10H20N2O2. The average Bonchev–Trinajstić information content (AvgIpc) is 2.01. The molecule has 0 saturated carbocycles. The molecule has 1 N–H and O–H groups in total. The van der Waals surface area contributed by atoms with Gasteiger partial charge in [-0.2, -0.15) is 0 Å². The van der Waals surface area contributed by atoms with Crippen molar-refractivity contribution < 1.29 is 9.53 Å². The minimum atomic E-state index is 0.0273. The third-order valence-corrected chi connectivity index (χ3v) is 2.82. The number of ether oxygens (including phenoxy) is 1. The van der Waals surface area contributed by atoms with Crippen LogP contribution in [-0.4, -0.2) is 43.3 Å². The summed E-state index contributed by atoms with van der Waals surface area (Å²) in [7, 11) is 1.68. The maximum Gasteiger partial charge on any atom is 0.317 e. The van der Waals surface area contributed by atoms with E-state index in [0.29, 0.717) is 19.0 Å². The predicted molar refractivity (Wildman–Crippen MR) is 55.2 cm³/mol. The van der Waals surface area contributed by atoms with Crippen LogP contribution in [0, 0.1) is 5.92 Å². The first-order valence-electron chi connectivity index (χ1n) is 5.12. The summed E-state index contributed by atoms with van der Waals surface area (Å²) in [5.74, 6) is 0.471. The van der Waals surface area contributed by atoms with Crippen LogP contribution in [0.15, 0.2) is 0 Å². The molecule has 1 heterocycles. The topological polar surface area (TPSA) is 41.6 Å². The average molecular weight is 200 g/mol. The molecule has 0 aromatic rings. The molecule has 0 radical (unpaired) electrons. The highest BCUT2D eigenvalue weighted by atomic mass is 16.5. The van der Waals surface area contributed by atoms with Crippen LogP contribution in [-0.2, 0) is 4.74 Å². The normalized spacial score (nSPS) is 19.4. The van der Waals surface area contributed by atoms with Crippen molar-refractivity contribution in [3.63, 3.8) is 0 Å². The van der Waals surface area contributed by atoms with E-state index in [0.717, 1.165) is 0 Å². The van der Waals surface area contributed by atoms with Crippen LogP contribution < -0.4 is 5.32 Å². The minimum Gasteiger partial charge on any atom is -0.378 e. The van der Waals surface area contributed by atoms with Crippen molar-refractivity contribution in [2.75, 3.05) is 20.2 Å². The van der Waals surface area contributed by atoms with Crippen LogP contribution in [0.25, 0.3) is 0 Å². The number of rotatable bonds is 3. The quantitative estimate of drug-likeness (QED) is 0.740. The Hall–Kier alpha value is -0.770. The Kier molecular flexibility index (Phi) is 3.75. The van der Waals surface area contributed by atoms with E-state index in [-0.39, 0.29) is 18.2 Å². The molecule has 1 atom stereocenters. The van der Waals surface area contributed by atoms with E-state index in [1.54, 1.807) is 12.0 Å². The Bertz CT molecular complexity index is 200. The number of carbonyl (C=O) groups excluding carboxylic acids is 1. The van der Waals surface area contributed by atoms with Crippen molar-refractivity contribution in [2.45, 2.75) is 32.9 Å². The van der Waals surface area contributed by atoms with Crippen molar-refractivity contribution in [1.82, 2.24) is 10.2 Å². The molecule has 82 valence electrons. The number of methoxy groups -OCH3 is 1. The van der Waals surface area contributed by atoms with Gasteiger partial charge in [0.1, 0.15) is 0 Å². The largest absolute Gasteiger partial charge is 0.378 e. The Morgan fingerprint density at radius 2 is 2.00 bits per heavy atom. The second-order valence-corrected chi connectivity index (χ2v) is 4.24. The lowest BCUT2D eigenvalue weighted by Crippen LogP contribution is -2.58. The van der Waals surface area contributed by atoms with Gasteiger partial charge in [0.25, 0.3) is 0 Å². The first kappa shape index (κ1) is 11.3. The second-order valence-electron chi connectivity index (χ2n) is 4.24. The van der Waals surface area contributed by atoms with Gasteiger partial charge in [0.2, 0.25) is 0 Å². The molecule has 0 spiro atoms. The van der Waals surface area contributed by atoms with Gasteiger partial charge in [0.15, 0.2) is 0 Å². The molecule has 4 nitrogen and oxygen atoms in total. The summed E-state index contributed by atoms with van der Waals surface area (Å²) in [6.07, 6.45) is 0.232. The highest BCUT2D eigenvalue weighted by Gasteiger charge is 2.31. The maximum absolute atomic E-state index is 11.6. The molecular weight excluding hydrogens is 180 g/mol. The van der Waals surface area contributed by atoms with Crippen LogP contribution in [0.2, 0.25) is 0 Å². The zero-order valence-electron chi connectivity index (χ0n) is 9.41. The Morgan fingerprint density at radius 3 is 2.43 bits per heavy atom. The first-order valence-corrected chi connectivity index (χ1v) is 5.12. The summed E-state index contributed by atoms with van der Waals surface area (Å²) >= 11 is 0. The third-order valence-electron chi connectivity index (χ3n) is 2.82. The molecule has 4 heteroatoms. The molecule has 1 aliphatic heterocycles. The number of hydrogen-bond donors (Lipinski definition) is 1. The van der Waals surface area contributed by atoms with Crippen molar-refractivity contribution in [2.24, 2.45) is 5.92 Å². The molecule has 1 unspecified atom stereocenters. The van der Waals surface area contributed by atoms with E-state index in [1.807, 2.05) is 6.92 Å². The summed E-state index contributed by atoms with van der Waals surface area (Å²) in [5.41, 5.74) is 0. The number of urea groups is 1. The minimum absolute atomic E-state index is 0.0273. The number of nitrogens with zero attached hydrogens (tertiary/aromatic N) is 1. The summed E-state index contributed by atoms with van der Waals surface area (Å²) in [6, 6.07) is 0.253. The second kappa shape index (κ2) is 4.64. The summed E-state index contributed by atoms with van der Waals surface area (Å²) in [6.45, 7) is 7.65. The highest BCUT2D eigenvalue weighted by Crippen LogP contribution is 2.11. The lowest BCUT2D eigenvalue weighted by atomic mass is 10.1. The fraction of sp³-hybridized carbons (Fsp3) is 0.900. The van der Waals surface area contributed by atoms with Gasteiger partial charge < -0.3 is 15.0 Å². The van der Waals surface area contributed by atoms with E-state index in [2.05, 4.69) is 19.2 Å². The number of likely N-dealkylation sites (tertiary alicyclic amines) is 1.